The first-order valence-electron chi connectivity index (χ1n) is 17.5. The normalized spacial score (nSPS) is 13.3. The van der Waals surface area contributed by atoms with Crippen molar-refractivity contribution in [2.45, 2.75) is 12.8 Å². The summed E-state index contributed by atoms with van der Waals surface area (Å²) in [6.07, 6.45) is 6.85. The summed E-state index contributed by atoms with van der Waals surface area (Å²) >= 11 is 0. The molecule has 0 radical (unpaired) electrons. The summed E-state index contributed by atoms with van der Waals surface area (Å²) in [5, 5.41) is 5.07. The molecule has 0 aliphatic heterocycles. The van der Waals surface area contributed by atoms with E-state index in [-0.39, 0.29) is 0 Å². The highest BCUT2D eigenvalue weighted by Crippen LogP contribution is 2.40. The first kappa shape index (κ1) is 28.6. The zero-order chi connectivity index (χ0) is 33.0. The summed E-state index contributed by atoms with van der Waals surface area (Å²) < 4.78 is 4.81. The molecule has 0 amide bonds. The predicted octanol–water partition coefficient (Wildman–Crippen LogP) is 12.8. The van der Waals surface area contributed by atoms with Crippen LogP contribution >= 0.6 is 0 Å². The molecule has 1 aliphatic rings. The van der Waals surface area contributed by atoms with Gasteiger partial charge in [0.2, 0.25) is 0 Å². The van der Waals surface area contributed by atoms with Crippen LogP contribution in [0.2, 0.25) is 0 Å². The molecule has 0 atom stereocenters. The molecule has 0 saturated heterocycles. The lowest BCUT2D eigenvalue weighted by atomic mass is 9.90. The maximum absolute atomic E-state index is 2.44. The van der Waals surface area contributed by atoms with Crippen LogP contribution in [0, 0.1) is 0 Å². The van der Waals surface area contributed by atoms with E-state index in [9.17, 15) is 0 Å². The van der Waals surface area contributed by atoms with Gasteiger partial charge in [-0.15, -0.1) is 0 Å². The SMILES string of the molecule is C1=C(c2ccccc2)C=C(c2ccc3c4cc(-c5ccc6c(c5)c5ccccc5n6-c5ccccc5)ccc4n(-c4ccccc4)c3c2)CC1. The summed E-state index contributed by atoms with van der Waals surface area (Å²) in [4.78, 5) is 0. The van der Waals surface area contributed by atoms with Gasteiger partial charge in [0.1, 0.15) is 0 Å². The van der Waals surface area contributed by atoms with Crippen LogP contribution in [-0.4, -0.2) is 9.13 Å². The molecule has 2 aromatic heterocycles. The molecule has 2 heterocycles. The number of nitrogens with zero attached hydrogens (tertiary/aromatic N) is 2. The van der Waals surface area contributed by atoms with Crippen molar-refractivity contribution in [2.75, 3.05) is 0 Å². The van der Waals surface area contributed by atoms with Gasteiger partial charge in [0.15, 0.2) is 0 Å². The Morgan fingerprint density at radius 2 is 0.880 bits per heavy atom. The smallest absolute Gasteiger partial charge is 0.0547 e. The van der Waals surface area contributed by atoms with Gasteiger partial charge in [-0.1, -0.05) is 121 Å². The van der Waals surface area contributed by atoms with Crippen molar-refractivity contribution in [2.24, 2.45) is 0 Å². The first-order chi connectivity index (χ1) is 24.8. The molecule has 0 fully saturated rings. The molecule has 10 rings (SSSR count). The maximum atomic E-state index is 2.44. The number of para-hydroxylation sites is 3. The average molecular weight is 639 g/mol. The topological polar surface area (TPSA) is 9.86 Å². The fourth-order valence-electron chi connectivity index (χ4n) is 8.02. The highest BCUT2D eigenvalue weighted by molar-refractivity contribution is 6.13. The first-order valence-corrected chi connectivity index (χ1v) is 17.5. The molecule has 2 nitrogen and oxygen atoms in total. The van der Waals surface area contributed by atoms with Crippen molar-refractivity contribution in [3.63, 3.8) is 0 Å². The minimum atomic E-state index is 1.04. The van der Waals surface area contributed by atoms with Crippen molar-refractivity contribution < 1.29 is 0 Å². The Hall–Kier alpha value is -6.38. The Bertz CT molecular complexity index is 2780. The summed E-state index contributed by atoms with van der Waals surface area (Å²) in [5.74, 6) is 0. The van der Waals surface area contributed by atoms with Gasteiger partial charge in [-0.25, -0.2) is 0 Å². The minimum Gasteiger partial charge on any atom is -0.309 e. The number of hydrogen-bond donors (Lipinski definition) is 0. The number of hydrogen-bond acceptors (Lipinski definition) is 0. The lowest BCUT2D eigenvalue weighted by Crippen LogP contribution is -1.96. The van der Waals surface area contributed by atoms with Crippen molar-refractivity contribution in [1.82, 2.24) is 9.13 Å². The molecule has 0 spiro atoms. The Labute approximate surface area is 291 Å². The molecule has 0 N–H and O–H groups in total. The van der Waals surface area contributed by atoms with Gasteiger partial charge in [0.05, 0.1) is 22.1 Å². The van der Waals surface area contributed by atoms with Crippen LogP contribution in [0.4, 0.5) is 0 Å². The van der Waals surface area contributed by atoms with Crippen LogP contribution in [0.1, 0.15) is 24.0 Å². The van der Waals surface area contributed by atoms with E-state index in [1.165, 1.54) is 88.4 Å². The minimum absolute atomic E-state index is 1.04. The molecule has 0 unspecified atom stereocenters. The molecule has 0 saturated carbocycles. The monoisotopic (exact) mass is 638 g/mol. The maximum Gasteiger partial charge on any atom is 0.0547 e. The van der Waals surface area contributed by atoms with Crippen LogP contribution in [0.25, 0.3) is 77.3 Å². The number of aromatic nitrogens is 2. The summed E-state index contributed by atoms with van der Waals surface area (Å²) in [7, 11) is 0. The van der Waals surface area contributed by atoms with Crippen LogP contribution in [0.5, 0.6) is 0 Å². The average Bonchev–Trinajstić information content (AvgIpc) is 3.70. The molecule has 0 bridgehead atoms. The Kier molecular flexibility index (Phi) is 6.67. The number of fused-ring (bicyclic) bond motifs is 6. The van der Waals surface area contributed by atoms with Gasteiger partial charge < -0.3 is 9.13 Å². The van der Waals surface area contributed by atoms with Crippen LogP contribution in [0.3, 0.4) is 0 Å². The third kappa shape index (κ3) is 4.64. The second-order valence-electron chi connectivity index (χ2n) is 13.3. The van der Waals surface area contributed by atoms with E-state index < -0.39 is 0 Å². The van der Waals surface area contributed by atoms with Crippen molar-refractivity contribution >= 4 is 54.8 Å². The third-order valence-corrected chi connectivity index (χ3v) is 10.4. The van der Waals surface area contributed by atoms with Crippen molar-refractivity contribution in [1.29, 1.82) is 0 Å². The molecular formula is C48H34N2. The molecule has 1 aliphatic carbocycles. The van der Waals surface area contributed by atoms with E-state index in [1.807, 2.05) is 0 Å². The van der Waals surface area contributed by atoms with E-state index in [0.29, 0.717) is 0 Å². The highest BCUT2D eigenvalue weighted by atomic mass is 15.0. The molecule has 2 heteroatoms. The van der Waals surface area contributed by atoms with Crippen molar-refractivity contribution in [3.8, 4) is 22.5 Å². The number of benzene rings is 7. The fraction of sp³-hybridized carbons (Fsp3) is 0.0417. The lowest BCUT2D eigenvalue weighted by Gasteiger charge is -2.15. The summed E-state index contributed by atoms with van der Waals surface area (Å²) in [6, 6.07) is 62.0. The Morgan fingerprint density at radius 3 is 1.54 bits per heavy atom. The van der Waals surface area contributed by atoms with Gasteiger partial charge in [0.25, 0.3) is 0 Å². The van der Waals surface area contributed by atoms with Gasteiger partial charge in [-0.3, -0.25) is 0 Å². The van der Waals surface area contributed by atoms with E-state index in [1.54, 1.807) is 0 Å². The van der Waals surface area contributed by atoms with E-state index in [2.05, 4.69) is 191 Å². The van der Waals surface area contributed by atoms with Gasteiger partial charge in [-0.05, 0) is 107 Å². The van der Waals surface area contributed by atoms with Gasteiger partial charge in [-0.2, -0.15) is 0 Å². The van der Waals surface area contributed by atoms with Crippen LogP contribution < -0.4 is 0 Å². The van der Waals surface area contributed by atoms with Gasteiger partial charge >= 0.3 is 0 Å². The molecule has 7 aromatic carbocycles. The summed E-state index contributed by atoms with van der Waals surface area (Å²) in [6.45, 7) is 0. The summed E-state index contributed by atoms with van der Waals surface area (Å²) in [5.41, 5.74) is 15.0. The molecule has 50 heavy (non-hydrogen) atoms. The zero-order valence-electron chi connectivity index (χ0n) is 27.6. The predicted molar refractivity (Wildman–Crippen MR) is 212 cm³/mol. The quantitative estimate of drug-likeness (QED) is 0.178. The second kappa shape index (κ2) is 11.6. The van der Waals surface area contributed by atoms with Crippen LogP contribution in [0.15, 0.2) is 182 Å². The highest BCUT2D eigenvalue weighted by Gasteiger charge is 2.18. The largest absolute Gasteiger partial charge is 0.309 e. The lowest BCUT2D eigenvalue weighted by molar-refractivity contribution is 1.06. The zero-order valence-corrected chi connectivity index (χ0v) is 27.6. The van der Waals surface area contributed by atoms with E-state index in [0.717, 1.165) is 12.8 Å². The van der Waals surface area contributed by atoms with E-state index >= 15 is 0 Å². The number of allylic oxidation sites excluding steroid dienone is 4. The Balaban J connectivity index is 1.14. The third-order valence-electron chi connectivity index (χ3n) is 10.4. The second-order valence-corrected chi connectivity index (χ2v) is 13.3. The molecule has 236 valence electrons. The van der Waals surface area contributed by atoms with E-state index in [4.69, 9.17) is 0 Å². The van der Waals surface area contributed by atoms with Crippen LogP contribution in [-0.2, 0) is 0 Å². The Morgan fingerprint density at radius 1 is 0.360 bits per heavy atom. The fourth-order valence-corrected chi connectivity index (χ4v) is 8.02. The van der Waals surface area contributed by atoms with Crippen molar-refractivity contribution in [3.05, 3.63) is 193 Å². The van der Waals surface area contributed by atoms with Gasteiger partial charge in [0, 0.05) is 32.9 Å². The molecule has 9 aromatic rings. The molecular weight excluding hydrogens is 605 g/mol. The standard InChI is InChI=1S/C48H34N2/c1-4-13-33(14-5-1)34-15-12-16-35(29-34)38-23-26-42-44-31-37(25-28-47(44)50(48(42)32-38)40-19-8-3-9-20-40)36-24-27-46-43(30-36)41-21-10-11-22-45(41)49(46)39-17-6-2-7-18-39/h1-11,13-15,17-32H,12,16H2. The number of rotatable bonds is 5.